The van der Waals surface area contributed by atoms with Crippen molar-refractivity contribution in [1.29, 1.82) is 0 Å². The van der Waals surface area contributed by atoms with E-state index >= 15 is 0 Å². The van der Waals surface area contributed by atoms with Crippen LogP contribution in [0.15, 0.2) is 18.5 Å². The summed E-state index contributed by atoms with van der Waals surface area (Å²) in [5.74, 6) is 0. The summed E-state index contributed by atoms with van der Waals surface area (Å²) in [4.78, 5) is 6.12. The van der Waals surface area contributed by atoms with Crippen LogP contribution in [0.5, 0.6) is 0 Å². The molecule has 2 N–H and O–H groups in total. The molecule has 1 rings (SSSR count). The lowest BCUT2D eigenvalue weighted by atomic mass is 10.1. The molecule has 0 radical (unpaired) electrons. The SMILES string of the molecule is Cc1cncc(CNCC(C)(O)CN(C)C)c1. The second kappa shape index (κ2) is 6.10. The van der Waals surface area contributed by atoms with Crippen molar-refractivity contribution in [2.45, 2.75) is 26.0 Å². The molecule has 4 nitrogen and oxygen atoms in total. The van der Waals surface area contributed by atoms with Gasteiger partial charge in [-0.3, -0.25) is 4.98 Å². The van der Waals surface area contributed by atoms with Crippen LogP contribution in [0.3, 0.4) is 0 Å². The number of rotatable bonds is 6. The lowest BCUT2D eigenvalue weighted by molar-refractivity contribution is 0.0336. The lowest BCUT2D eigenvalue weighted by Crippen LogP contribution is -2.45. The van der Waals surface area contributed by atoms with Gasteiger partial charge >= 0.3 is 0 Å². The van der Waals surface area contributed by atoms with E-state index in [9.17, 15) is 5.11 Å². The third-order valence-electron chi connectivity index (χ3n) is 2.42. The van der Waals surface area contributed by atoms with Crippen LogP contribution >= 0.6 is 0 Å². The molecular weight excluding hydrogens is 214 g/mol. The van der Waals surface area contributed by atoms with Gasteiger partial charge in [-0.25, -0.2) is 0 Å². The van der Waals surface area contributed by atoms with Gasteiger partial charge in [0.25, 0.3) is 0 Å². The van der Waals surface area contributed by atoms with E-state index < -0.39 is 5.60 Å². The smallest absolute Gasteiger partial charge is 0.0869 e. The van der Waals surface area contributed by atoms with E-state index in [0.717, 1.165) is 17.7 Å². The fraction of sp³-hybridized carbons (Fsp3) is 0.615. The zero-order valence-electron chi connectivity index (χ0n) is 11.2. The van der Waals surface area contributed by atoms with Crippen LogP contribution in [0.25, 0.3) is 0 Å². The minimum absolute atomic E-state index is 0.569. The van der Waals surface area contributed by atoms with E-state index in [1.165, 1.54) is 0 Å². The number of hydrogen-bond donors (Lipinski definition) is 2. The summed E-state index contributed by atoms with van der Waals surface area (Å²) >= 11 is 0. The molecule has 96 valence electrons. The molecule has 0 bridgehead atoms. The van der Waals surface area contributed by atoms with Crippen molar-refractivity contribution in [2.75, 3.05) is 27.2 Å². The Morgan fingerprint density at radius 1 is 1.41 bits per heavy atom. The summed E-state index contributed by atoms with van der Waals surface area (Å²) in [7, 11) is 3.91. The molecule has 1 atom stereocenters. The minimum atomic E-state index is -0.708. The molecule has 0 spiro atoms. The van der Waals surface area contributed by atoms with Crippen molar-refractivity contribution >= 4 is 0 Å². The van der Waals surface area contributed by atoms with Crippen LogP contribution in [0, 0.1) is 6.92 Å². The highest BCUT2D eigenvalue weighted by Crippen LogP contribution is 2.04. The van der Waals surface area contributed by atoms with Crippen molar-refractivity contribution < 1.29 is 5.11 Å². The van der Waals surface area contributed by atoms with Gasteiger partial charge in [0.1, 0.15) is 0 Å². The van der Waals surface area contributed by atoms with E-state index in [1.54, 1.807) is 0 Å². The Hall–Kier alpha value is -0.970. The monoisotopic (exact) mass is 237 g/mol. The van der Waals surface area contributed by atoms with E-state index in [1.807, 2.05) is 45.2 Å². The average molecular weight is 237 g/mol. The Kier molecular flexibility index (Phi) is 5.05. The molecule has 1 unspecified atom stereocenters. The van der Waals surface area contributed by atoms with Crippen molar-refractivity contribution in [3.63, 3.8) is 0 Å². The van der Waals surface area contributed by atoms with E-state index in [-0.39, 0.29) is 0 Å². The first-order chi connectivity index (χ1) is 7.89. The number of hydrogen-bond acceptors (Lipinski definition) is 4. The Balaban J connectivity index is 2.37. The molecule has 0 aliphatic rings. The lowest BCUT2D eigenvalue weighted by Gasteiger charge is -2.27. The summed E-state index contributed by atoms with van der Waals surface area (Å²) in [6, 6.07) is 2.10. The van der Waals surface area contributed by atoms with E-state index in [4.69, 9.17) is 0 Å². The highest BCUT2D eigenvalue weighted by Gasteiger charge is 2.20. The first-order valence-electron chi connectivity index (χ1n) is 5.87. The summed E-state index contributed by atoms with van der Waals surface area (Å²) in [6.07, 6.45) is 3.69. The topological polar surface area (TPSA) is 48.4 Å². The first kappa shape index (κ1) is 14.1. The van der Waals surface area contributed by atoms with Gasteiger partial charge in [0, 0.05) is 32.0 Å². The third-order valence-corrected chi connectivity index (χ3v) is 2.42. The van der Waals surface area contributed by atoms with Gasteiger partial charge in [-0.2, -0.15) is 0 Å². The average Bonchev–Trinajstić information content (AvgIpc) is 2.15. The van der Waals surface area contributed by atoms with Crippen LogP contribution in [-0.2, 0) is 6.54 Å². The predicted molar refractivity (Wildman–Crippen MR) is 69.9 cm³/mol. The van der Waals surface area contributed by atoms with Crippen molar-refractivity contribution in [2.24, 2.45) is 0 Å². The largest absolute Gasteiger partial charge is 0.388 e. The molecule has 0 saturated heterocycles. The second-order valence-corrected chi connectivity index (χ2v) is 5.21. The minimum Gasteiger partial charge on any atom is -0.388 e. The van der Waals surface area contributed by atoms with Crippen molar-refractivity contribution in [1.82, 2.24) is 15.2 Å². The van der Waals surface area contributed by atoms with Gasteiger partial charge in [0.05, 0.1) is 5.60 Å². The molecule has 0 saturated carbocycles. The molecule has 0 amide bonds. The molecule has 1 aromatic rings. The highest BCUT2D eigenvalue weighted by atomic mass is 16.3. The molecular formula is C13H23N3O. The Morgan fingerprint density at radius 3 is 2.71 bits per heavy atom. The first-order valence-corrected chi connectivity index (χ1v) is 5.87. The molecule has 1 aromatic heterocycles. The third kappa shape index (κ3) is 5.77. The fourth-order valence-electron chi connectivity index (χ4n) is 1.93. The van der Waals surface area contributed by atoms with Crippen LogP contribution < -0.4 is 5.32 Å². The van der Waals surface area contributed by atoms with E-state index in [0.29, 0.717) is 13.1 Å². The molecule has 0 aliphatic carbocycles. The maximum Gasteiger partial charge on any atom is 0.0869 e. The highest BCUT2D eigenvalue weighted by molar-refractivity contribution is 5.16. The molecule has 17 heavy (non-hydrogen) atoms. The van der Waals surface area contributed by atoms with Crippen LogP contribution in [0.2, 0.25) is 0 Å². The predicted octanol–water partition coefficient (Wildman–Crippen LogP) is 0.792. The van der Waals surface area contributed by atoms with Crippen LogP contribution in [0.4, 0.5) is 0 Å². The zero-order valence-corrected chi connectivity index (χ0v) is 11.2. The van der Waals surface area contributed by atoms with Gasteiger partial charge in [-0.1, -0.05) is 6.07 Å². The van der Waals surface area contributed by atoms with Gasteiger partial charge in [-0.15, -0.1) is 0 Å². The standard InChI is InChI=1S/C13H23N3O/c1-11-5-12(7-14-6-11)8-15-9-13(2,17)10-16(3)4/h5-7,15,17H,8-10H2,1-4H3. The number of aliphatic hydroxyl groups is 1. The molecule has 4 heteroatoms. The normalized spacial score (nSPS) is 14.9. The Morgan fingerprint density at radius 2 is 2.12 bits per heavy atom. The maximum atomic E-state index is 10.1. The maximum absolute atomic E-state index is 10.1. The summed E-state index contributed by atoms with van der Waals surface area (Å²) in [5, 5.41) is 13.4. The number of aromatic nitrogens is 1. The molecule has 0 aromatic carbocycles. The van der Waals surface area contributed by atoms with Crippen molar-refractivity contribution in [3.05, 3.63) is 29.6 Å². The number of pyridine rings is 1. The van der Waals surface area contributed by atoms with Crippen LogP contribution in [-0.4, -0.2) is 47.8 Å². The number of likely N-dealkylation sites (N-methyl/N-ethyl adjacent to an activating group) is 1. The Bertz CT molecular complexity index is 350. The number of nitrogens with zero attached hydrogens (tertiary/aromatic N) is 2. The van der Waals surface area contributed by atoms with Crippen molar-refractivity contribution in [3.8, 4) is 0 Å². The zero-order chi connectivity index (χ0) is 12.9. The number of aryl methyl sites for hydroxylation is 1. The molecule has 0 aliphatic heterocycles. The van der Waals surface area contributed by atoms with Crippen LogP contribution in [0.1, 0.15) is 18.1 Å². The van der Waals surface area contributed by atoms with E-state index in [2.05, 4.69) is 16.4 Å². The van der Waals surface area contributed by atoms with Gasteiger partial charge in [0.2, 0.25) is 0 Å². The fourth-order valence-corrected chi connectivity index (χ4v) is 1.93. The number of nitrogens with one attached hydrogen (secondary N) is 1. The Labute approximate surface area is 104 Å². The summed E-state index contributed by atoms with van der Waals surface area (Å²) in [6.45, 7) is 5.82. The molecule has 1 heterocycles. The molecule has 0 fully saturated rings. The summed E-state index contributed by atoms with van der Waals surface area (Å²) < 4.78 is 0. The van der Waals surface area contributed by atoms with Gasteiger partial charge in [0.15, 0.2) is 0 Å². The van der Waals surface area contributed by atoms with Gasteiger partial charge < -0.3 is 15.3 Å². The van der Waals surface area contributed by atoms with Gasteiger partial charge in [-0.05, 0) is 39.1 Å². The second-order valence-electron chi connectivity index (χ2n) is 5.21. The summed E-state index contributed by atoms with van der Waals surface area (Å²) in [5.41, 5.74) is 1.59. The quantitative estimate of drug-likeness (QED) is 0.768.